The Hall–Kier alpha value is -2.21. The molecule has 1 aliphatic heterocycles. The Balaban J connectivity index is 1.84. The van der Waals surface area contributed by atoms with Crippen LogP contribution in [-0.4, -0.2) is 39.0 Å². The van der Waals surface area contributed by atoms with E-state index in [1.165, 1.54) is 0 Å². The zero-order chi connectivity index (χ0) is 15.7. The maximum absolute atomic E-state index is 12.7. The third-order valence-electron chi connectivity index (χ3n) is 4.09. The van der Waals surface area contributed by atoms with Crippen LogP contribution < -0.4 is 0 Å². The lowest BCUT2D eigenvalue weighted by Crippen LogP contribution is -2.41. The average molecular weight is 300 g/mol. The number of carbonyl (C=O) groups excluding carboxylic acids is 1. The van der Waals surface area contributed by atoms with Crippen LogP contribution in [0.15, 0.2) is 24.5 Å². The maximum atomic E-state index is 12.7. The SMILES string of the molecule is COCc1cnc2n1CCN(C(=O)c1ccc(C)nc1)[C@@H]2C. The summed E-state index contributed by atoms with van der Waals surface area (Å²) in [6.07, 6.45) is 3.47. The van der Waals surface area contributed by atoms with E-state index in [0.717, 1.165) is 23.8 Å². The fourth-order valence-electron chi connectivity index (χ4n) is 2.86. The van der Waals surface area contributed by atoms with Crippen molar-refractivity contribution in [3.8, 4) is 0 Å². The van der Waals surface area contributed by atoms with Gasteiger partial charge in [0.2, 0.25) is 0 Å². The number of aryl methyl sites for hydroxylation is 1. The summed E-state index contributed by atoms with van der Waals surface area (Å²) in [6, 6.07) is 3.63. The lowest BCUT2D eigenvalue weighted by molar-refractivity contribution is 0.0632. The van der Waals surface area contributed by atoms with Crippen LogP contribution in [0.3, 0.4) is 0 Å². The van der Waals surface area contributed by atoms with Gasteiger partial charge in [-0.25, -0.2) is 4.98 Å². The summed E-state index contributed by atoms with van der Waals surface area (Å²) < 4.78 is 7.34. The molecule has 22 heavy (non-hydrogen) atoms. The maximum Gasteiger partial charge on any atom is 0.256 e. The summed E-state index contributed by atoms with van der Waals surface area (Å²) in [7, 11) is 1.67. The monoisotopic (exact) mass is 300 g/mol. The van der Waals surface area contributed by atoms with Gasteiger partial charge in [-0.1, -0.05) is 0 Å². The number of fused-ring (bicyclic) bond motifs is 1. The molecule has 2 aromatic heterocycles. The minimum atomic E-state index is -0.0619. The van der Waals surface area contributed by atoms with Crippen molar-refractivity contribution in [3.05, 3.63) is 47.3 Å². The molecule has 1 amide bonds. The molecule has 0 unspecified atom stereocenters. The first kappa shape index (κ1) is 14.7. The van der Waals surface area contributed by atoms with Gasteiger partial charge < -0.3 is 14.2 Å². The molecule has 1 atom stereocenters. The van der Waals surface area contributed by atoms with Gasteiger partial charge in [-0.05, 0) is 26.0 Å². The van der Waals surface area contributed by atoms with Gasteiger partial charge in [0.25, 0.3) is 5.91 Å². The van der Waals surface area contributed by atoms with Crippen LogP contribution >= 0.6 is 0 Å². The molecule has 0 spiro atoms. The van der Waals surface area contributed by atoms with E-state index in [1.807, 2.05) is 37.1 Å². The topological polar surface area (TPSA) is 60.2 Å². The highest BCUT2D eigenvalue weighted by Crippen LogP contribution is 2.27. The Morgan fingerprint density at radius 2 is 2.14 bits per heavy atom. The van der Waals surface area contributed by atoms with Gasteiger partial charge in [-0.2, -0.15) is 0 Å². The molecular formula is C16H20N4O2. The normalized spacial score (nSPS) is 17.4. The Morgan fingerprint density at radius 3 is 2.82 bits per heavy atom. The Labute approximate surface area is 129 Å². The number of ether oxygens (including phenoxy) is 1. The minimum absolute atomic E-state index is 0.00235. The number of imidazole rings is 1. The average Bonchev–Trinajstić information content (AvgIpc) is 2.92. The van der Waals surface area contributed by atoms with Gasteiger partial charge in [0.1, 0.15) is 5.82 Å². The highest BCUT2D eigenvalue weighted by Gasteiger charge is 2.30. The van der Waals surface area contributed by atoms with E-state index in [0.29, 0.717) is 18.7 Å². The number of pyridine rings is 1. The summed E-state index contributed by atoms with van der Waals surface area (Å²) in [5.41, 5.74) is 2.58. The van der Waals surface area contributed by atoms with Crippen LogP contribution in [0, 0.1) is 6.92 Å². The van der Waals surface area contributed by atoms with Crippen LogP contribution in [0.5, 0.6) is 0 Å². The van der Waals surface area contributed by atoms with Crippen molar-refractivity contribution in [2.75, 3.05) is 13.7 Å². The number of rotatable bonds is 3. The van der Waals surface area contributed by atoms with E-state index >= 15 is 0 Å². The van der Waals surface area contributed by atoms with Crippen LogP contribution in [0.25, 0.3) is 0 Å². The molecule has 116 valence electrons. The van der Waals surface area contributed by atoms with Gasteiger partial charge in [-0.15, -0.1) is 0 Å². The first-order valence-electron chi connectivity index (χ1n) is 7.38. The molecule has 0 radical (unpaired) electrons. The summed E-state index contributed by atoms with van der Waals surface area (Å²) >= 11 is 0. The molecule has 0 saturated heterocycles. The molecule has 1 aliphatic rings. The lowest BCUT2D eigenvalue weighted by atomic mass is 10.1. The van der Waals surface area contributed by atoms with Gasteiger partial charge in [-0.3, -0.25) is 9.78 Å². The number of amides is 1. The third kappa shape index (κ3) is 2.50. The lowest BCUT2D eigenvalue weighted by Gasteiger charge is -2.34. The number of nitrogens with zero attached hydrogens (tertiary/aromatic N) is 4. The van der Waals surface area contributed by atoms with E-state index in [9.17, 15) is 4.79 Å². The first-order chi connectivity index (χ1) is 10.6. The second-order valence-electron chi connectivity index (χ2n) is 5.56. The standard InChI is InChI=1S/C16H20N4O2/c1-11-4-5-13(8-17-11)16(21)19-6-7-20-14(10-22-3)9-18-15(20)12(19)2/h4-5,8-9,12H,6-7,10H2,1-3H3/t12-/m1/s1. The van der Waals surface area contributed by atoms with Crippen molar-refractivity contribution in [1.29, 1.82) is 0 Å². The smallest absolute Gasteiger partial charge is 0.256 e. The number of hydrogen-bond donors (Lipinski definition) is 0. The molecule has 2 aromatic rings. The molecular weight excluding hydrogens is 280 g/mol. The van der Waals surface area contributed by atoms with E-state index in [-0.39, 0.29) is 11.9 Å². The number of methoxy groups -OCH3 is 1. The van der Waals surface area contributed by atoms with E-state index in [1.54, 1.807) is 13.3 Å². The summed E-state index contributed by atoms with van der Waals surface area (Å²) in [5.74, 6) is 0.911. The van der Waals surface area contributed by atoms with E-state index in [2.05, 4.69) is 14.5 Å². The molecule has 0 saturated carbocycles. The zero-order valence-corrected chi connectivity index (χ0v) is 13.1. The second kappa shape index (κ2) is 5.88. The van der Waals surface area contributed by atoms with Crippen LogP contribution in [0.2, 0.25) is 0 Å². The molecule has 6 heteroatoms. The highest BCUT2D eigenvalue weighted by molar-refractivity contribution is 5.94. The third-order valence-corrected chi connectivity index (χ3v) is 4.09. The molecule has 0 N–H and O–H groups in total. The predicted molar refractivity (Wildman–Crippen MR) is 81.4 cm³/mol. The Kier molecular flexibility index (Phi) is 3.94. The number of carbonyl (C=O) groups is 1. The van der Waals surface area contributed by atoms with Crippen molar-refractivity contribution in [2.45, 2.75) is 33.0 Å². The molecule has 0 aliphatic carbocycles. The number of aromatic nitrogens is 3. The van der Waals surface area contributed by atoms with E-state index in [4.69, 9.17) is 4.74 Å². The van der Waals surface area contributed by atoms with Crippen molar-refractivity contribution in [2.24, 2.45) is 0 Å². The van der Waals surface area contributed by atoms with Crippen molar-refractivity contribution >= 4 is 5.91 Å². The second-order valence-corrected chi connectivity index (χ2v) is 5.56. The molecule has 0 aromatic carbocycles. The minimum Gasteiger partial charge on any atom is -0.378 e. The number of hydrogen-bond acceptors (Lipinski definition) is 4. The van der Waals surface area contributed by atoms with Crippen LogP contribution in [0.4, 0.5) is 0 Å². The van der Waals surface area contributed by atoms with Gasteiger partial charge in [0.05, 0.1) is 30.1 Å². The fraction of sp³-hybridized carbons (Fsp3) is 0.438. The van der Waals surface area contributed by atoms with Crippen LogP contribution in [-0.2, 0) is 17.9 Å². The largest absolute Gasteiger partial charge is 0.378 e. The van der Waals surface area contributed by atoms with E-state index < -0.39 is 0 Å². The zero-order valence-electron chi connectivity index (χ0n) is 13.1. The van der Waals surface area contributed by atoms with Crippen molar-refractivity contribution < 1.29 is 9.53 Å². The molecule has 6 nitrogen and oxygen atoms in total. The van der Waals surface area contributed by atoms with Gasteiger partial charge in [0.15, 0.2) is 0 Å². The predicted octanol–water partition coefficient (Wildman–Crippen LogP) is 1.95. The van der Waals surface area contributed by atoms with Gasteiger partial charge in [0, 0.05) is 32.1 Å². The fourth-order valence-corrected chi connectivity index (χ4v) is 2.86. The Bertz CT molecular complexity index is 678. The molecule has 3 heterocycles. The summed E-state index contributed by atoms with van der Waals surface area (Å²) in [5, 5.41) is 0. The molecule has 3 rings (SSSR count). The first-order valence-corrected chi connectivity index (χ1v) is 7.38. The molecule has 0 fully saturated rings. The Morgan fingerprint density at radius 1 is 1.32 bits per heavy atom. The summed E-state index contributed by atoms with van der Waals surface area (Å²) in [4.78, 5) is 23.2. The van der Waals surface area contributed by atoms with Crippen molar-refractivity contribution in [1.82, 2.24) is 19.4 Å². The highest BCUT2D eigenvalue weighted by atomic mass is 16.5. The van der Waals surface area contributed by atoms with Crippen molar-refractivity contribution in [3.63, 3.8) is 0 Å². The summed E-state index contributed by atoms with van der Waals surface area (Å²) in [6.45, 7) is 5.85. The molecule has 0 bridgehead atoms. The quantitative estimate of drug-likeness (QED) is 0.869. The van der Waals surface area contributed by atoms with Gasteiger partial charge >= 0.3 is 0 Å². The van der Waals surface area contributed by atoms with Crippen LogP contribution in [0.1, 0.15) is 40.5 Å².